The Kier molecular flexibility index (Phi) is 4.13. The maximum absolute atomic E-state index is 12.6. The summed E-state index contributed by atoms with van der Waals surface area (Å²) in [5.74, 6) is 2.33. The van der Waals surface area contributed by atoms with Gasteiger partial charge in [0.05, 0.1) is 24.4 Å². The monoisotopic (exact) mass is 296 g/mol. The van der Waals surface area contributed by atoms with E-state index in [1.165, 1.54) is 25.7 Å². The predicted octanol–water partition coefficient (Wildman–Crippen LogP) is 3.19. The molecule has 0 radical (unpaired) electrons. The van der Waals surface area contributed by atoms with Crippen LogP contribution < -0.4 is 0 Å². The summed E-state index contributed by atoms with van der Waals surface area (Å²) in [6.07, 6.45) is 7.40. The van der Waals surface area contributed by atoms with Gasteiger partial charge in [0, 0.05) is 13.5 Å². The van der Waals surface area contributed by atoms with Gasteiger partial charge in [0.2, 0.25) is 0 Å². The Morgan fingerprint density at radius 2 is 2.35 bits per heavy atom. The number of Topliss-reactive ketones (excluding diaryl/α,β-unsaturated/α-hetero) is 1. The number of hydrogen-bond donors (Lipinski definition) is 0. The molecule has 2 bridgehead atoms. The second-order valence-electron chi connectivity index (χ2n) is 6.12. The van der Waals surface area contributed by atoms with Crippen molar-refractivity contribution in [1.29, 1.82) is 0 Å². The van der Waals surface area contributed by atoms with Gasteiger partial charge in [-0.1, -0.05) is 18.0 Å². The molecule has 20 heavy (non-hydrogen) atoms. The van der Waals surface area contributed by atoms with E-state index in [0.717, 1.165) is 11.8 Å². The molecule has 0 aromatic carbocycles. The van der Waals surface area contributed by atoms with Gasteiger partial charge in [0.25, 0.3) is 0 Å². The van der Waals surface area contributed by atoms with Crippen LogP contribution in [0.3, 0.4) is 0 Å². The summed E-state index contributed by atoms with van der Waals surface area (Å²) in [5.41, 5.74) is 0.562. The molecule has 1 heterocycles. The number of ether oxygens (including phenoxy) is 1. The standard InChI is InChI=1S/C15H21ClN2O2/c1-20-5-4-18-15(13(16)9-17-18)14(19)8-12-7-10-2-3-11(12)6-10/h9-12H,2-8H2,1H3. The van der Waals surface area contributed by atoms with E-state index < -0.39 is 0 Å². The Balaban J connectivity index is 1.69. The molecule has 3 unspecified atom stereocenters. The molecule has 1 aromatic heterocycles. The fourth-order valence-corrected chi connectivity index (χ4v) is 4.19. The zero-order valence-corrected chi connectivity index (χ0v) is 12.6. The number of fused-ring (bicyclic) bond motifs is 2. The van der Waals surface area contributed by atoms with Gasteiger partial charge in [-0.25, -0.2) is 0 Å². The van der Waals surface area contributed by atoms with E-state index in [4.69, 9.17) is 16.3 Å². The number of rotatable bonds is 6. The Labute approximate surface area is 124 Å². The molecular formula is C15H21ClN2O2. The normalized spacial score (nSPS) is 28.2. The quantitative estimate of drug-likeness (QED) is 0.757. The minimum Gasteiger partial charge on any atom is -0.383 e. The van der Waals surface area contributed by atoms with Crippen molar-refractivity contribution in [2.75, 3.05) is 13.7 Å². The van der Waals surface area contributed by atoms with Gasteiger partial charge in [-0.3, -0.25) is 9.48 Å². The zero-order valence-electron chi connectivity index (χ0n) is 11.8. The third-order valence-electron chi connectivity index (χ3n) is 4.90. The summed E-state index contributed by atoms with van der Waals surface area (Å²) >= 11 is 6.14. The number of aromatic nitrogens is 2. The maximum Gasteiger partial charge on any atom is 0.182 e. The Bertz CT molecular complexity index is 500. The van der Waals surface area contributed by atoms with Crippen molar-refractivity contribution in [3.8, 4) is 0 Å². The SMILES string of the molecule is COCCn1ncc(Cl)c1C(=O)CC1CC2CCC1C2. The summed E-state index contributed by atoms with van der Waals surface area (Å²) in [6, 6.07) is 0. The molecule has 0 spiro atoms. The van der Waals surface area contributed by atoms with Crippen LogP contribution in [0.5, 0.6) is 0 Å². The first-order chi connectivity index (χ1) is 9.69. The first-order valence-electron chi connectivity index (χ1n) is 7.42. The Morgan fingerprint density at radius 3 is 3.00 bits per heavy atom. The second-order valence-corrected chi connectivity index (χ2v) is 6.53. The van der Waals surface area contributed by atoms with Crippen molar-refractivity contribution in [3.63, 3.8) is 0 Å². The lowest BCUT2D eigenvalue weighted by Gasteiger charge is -2.20. The average molecular weight is 297 g/mol. The van der Waals surface area contributed by atoms with Gasteiger partial charge in [-0.15, -0.1) is 0 Å². The van der Waals surface area contributed by atoms with E-state index in [0.29, 0.717) is 36.2 Å². The third kappa shape index (κ3) is 2.63. The van der Waals surface area contributed by atoms with Crippen LogP contribution in [0.25, 0.3) is 0 Å². The molecule has 2 aliphatic carbocycles. The highest BCUT2D eigenvalue weighted by Crippen LogP contribution is 2.49. The topological polar surface area (TPSA) is 44.1 Å². The van der Waals surface area contributed by atoms with E-state index in [1.807, 2.05) is 0 Å². The van der Waals surface area contributed by atoms with Gasteiger partial charge >= 0.3 is 0 Å². The van der Waals surface area contributed by atoms with E-state index in [-0.39, 0.29) is 5.78 Å². The molecule has 0 N–H and O–H groups in total. The highest BCUT2D eigenvalue weighted by atomic mass is 35.5. The number of methoxy groups -OCH3 is 1. The highest BCUT2D eigenvalue weighted by molar-refractivity contribution is 6.33. The van der Waals surface area contributed by atoms with Crippen LogP contribution in [-0.2, 0) is 11.3 Å². The lowest BCUT2D eigenvalue weighted by molar-refractivity contribution is 0.0930. The lowest BCUT2D eigenvalue weighted by atomic mass is 9.85. The van der Waals surface area contributed by atoms with Gasteiger partial charge < -0.3 is 4.74 Å². The van der Waals surface area contributed by atoms with Crippen molar-refractivity contribution in [2.45, 2.75) is 38.6 Å². The lowest BCUT2D eigenvalue weighted by Crippen LogP contribution is -2.19. The molecule has 0 amide bonds. The number of hydrogen-bond acceptors (Lipinski definition) is 3. The first kappa shape index (κ1) is 14.1. The minimum atomic E-state index is 0.140. The average Bonchev–Trinajstić information content (AvgIpc) is 3.11. The van der Waals surface area contributed by atoms with E-state index >= 15 is 0 Å². The van der Waals surface area contributed by atoms with Crippen LogP contribution in [-0.4, -0.2) is 29.3 Å². The van der Waals surface area contributed by atoms with Crippen LogP contribution in [0, 0.1) is 17.8 Å². The molecule has 110 valence electrons. The van der Waals surface area contributed by atoms with Crippen molar-refractivity contribution < 1.29 is 9.53 Å². The summed E-state index contributed by atoms with van der Waals surface area (Å²) in [5, 5.41) is 4.65. The van der Waals surface area contributed by atoms with Crippen molar-refractivity contribution in [2.24, 2.45) is 17.8 Å². The number of ketones is 1. The van der Waals surface area contributed by atoms with Crippen molar-refractivity contribution in [3.05, 3.63) is 16.9 Å². The molecule has 2 fully saturated rings. The van der Waals surface area contributed by atoms with Crippen LogP contribution in [0.1, 0.15) is 42.6 Å². The molecule has 4 nitrogen and oxygen atoms in total. The van der Waals surface area contributed by atoms with Gasteiger partial charge in [-0.05, 0) is 37.0 Å². The third-order valence-corrected chi connectivity index (χ3v) is 5.17. The van der Waals surface area contributed by atoms with E-state index in [2.05, 4.69) is 5.10 Å². The Morgan fingerprint density at radius 1 is 1.50 bits per heavy atom. The van der Waals surface area contributed by atoms with Crippen molar-refractivity contribution in [1.82, 2.24) is 9.78 Å². The maximum atomic E-state index is 12.6. The number of carbonyl (C=O) groups excluding carboxylic acids is 1. The molecule has 3 atom stereocenters. The fourth-order valence-electron chi connectivity index (χ4n) is 3.95. The summed E-state index contributed by atoms with van der Waals surface area (Å²) < 4.78 is 6.73. The number of halogens is 1. The number of carbonyl (C=O) groups is 1. The fraction of sp³-hybridized carbons (Fsp3) is 0.733. The number of nitrogens with zero attached hydrogens (tertiary/aromatic N) is 2. The second kappa shape index (κ2) is 5.86. The molecule has 5 heteroatoms. The van der Waals surface area contributed by atoms with Crippen LogP contribution in [0.2, 0.25) is 5.02 Å². The molecule has 0 aliphatic heterocycles. The Hall–Kier alpha value is -0.870. The van der Waals surface area contributed by atoms with Gasteiger partial charge in [-0.2, -0.15) is 5.10 Å². The first-order valence-corrected chi connectivity index (χ1v) is 7.80. The molecule has 3 rings (SSSR count). The zero-order chi connectivity index (χ0) is 14.1. The van der Waals surface area contributed by atoms with Crippen LogP contribution >= 0.6 is 11.6 Å². The highest BCUT2D eigenvalue weighted by Gasteiger charge is 2.40. The molecule has 0 saturated heterocycles. The molecule has 1 aromatic rings. The van der Waals surface area contributed by atoms with Gasteiger partial charge in [0.15, 0.2) is 5.78 Å². The summed E-state index contributed by atoms with van der Waals surface area (Å²) in [7, 11) is 1.64. The molecule has 2 aliphatic rings. The molecule has 2 saturated carbocycles. The summed E-state index contributed by atoms with van der Waals surface area (Å²) in [4.78, 5) is 12.6. The van der Waals surface area contributed by atoms with Crippen LogP contribution in [0.15, 0.2) is 6.20 Å². The van der Waals surface area contributed by atoms with Crippen molar-refractivity contribution >= 4 is 17.4 Å². The summed E-state index contributed by atoms with van der Waals surface area (Å²) in [6.45, 7) is 1.10. The predicted molar refractivity (Wildman–Crippen MR) is 77.0 cm³/mol. The van der Waals surface area contributed by atoms with Gasteiger partial charge in [0.1, 0.15) is 5.69 Å². The molecular weight excluding hydrogens is 276 g/mol. The van der Waals surface area contributed by atoms with E-state index in [1.54, 1.807) is 18.0 Å². The van der Waals surface area contributed by atoms with E-state index in [9.17, 15) is 4.79 Å². The smallest absolute Gasteiger partial charge is 0.182 e. The largest absolute Gasteiger partial charge is 0.383 e. The minimum absolute atomic E-state index is 0.140. The van der Waals surface area contributed by atoms with Crippen LogP contribution in [0.4, 0.5) is 0 Å².